The summed E-state index contributed by atoms with van der Waals surface area (Å²) in [5.74, 6) is 0. The van der Waals surface area contributed by atoms with E-state index in [4.69, 9.17) is 0 Å². The van der Waals surface area contributed by atoms with Gasteiger partial charge in [-0.15, -0.1) is 0 Å². The van der Waals surface area contributed by atoms with E-state index in [1.54, 1.807) is 11.2 Å². The molecule has 0 atom stereocenters. The van der Waals surface area contributed by atoms with Crippen molar-refractivity contribution in [2.45, 2.75) is 63.9 Å². The van der Waals surface area contributed by atoms with Crippen LogP contribution >= 0.6 is 0 Å². The molecule has 2 N–H and O–H groups in total. The fourth-order valence-electron chi connectivity index (χ4n) is 2.64. The van der Waals surface area contributed by atoms with E-state index in [0.717, 1.165) is 25.7 Å². The summed E-state index contributed by atoms with van der Waals surface area (Å²) in [4.78, 5) is 0.359. The molecule has 0 amide bonds. The van der Waals surface area contributed by atoms with Crippen LogP contribution in [0, 0.1) is 6.92 Å². The molecule has 1 aromatic heterocycles. The Kier molecular flexibility index (Phi) is 5.40. The first-order valence-corrected chi connectivity index (χ1v) is 9.14. The Bertz CT molecular complexity index is 558. The van der Waals surface area contributed by atoms with Crippen molar-refractivity contribution in [2.75, 3.05) is 13.1 Å². The highest BCUT2D eigenvalue weighted by Gasteiger charge is 2.30. The summed E-state index contributed by atoms with van der Waals surface area (Å²) < 4.78 is 27.5. The van der Waals surface area contributed by atoms with Gasteiger partial charge in [-0.1, -0.05) is 26.7 Å². The Morgan fingerprint density at radius 2 is 1.86 bits per heavy atom. The molecule has 1 fully saturated rings. The van der Waals surface area contributed by atoms with Crippen molar-refractivity contribution < 1.29 is 8.42 Å². The molecule has 0 unspecified atom stereocenters. The quantitative estimate of drug-likeness (QED) is 0.868. The Morgan fingerprint density at radius 1 is 1.24 bits per heavy atom. The third-order valence-corrected chi connectivity index (χ3v) is 5.90. The van der Waals surface area contributed by atoms with Gasteiger partial charge in [0.1, 0.15) is 4.90 Å². The first-order valence-electron chi connectivity index (χ1n) is 7.70. The number of nitrogens with zero attached hydrogens (tertiary/aromatic N) is 2. The number of nitrogens with one attached hydrogen (secondary N) is 2. The molecule has 0 radical (unpaired) electrons. The molecule has 2 heterocycles. The average Bonchev–Trinajstić information content (AvgIpc) is 2.65. The second kappa shape index (κ2) is 6.89. The van der Waals surface area contributed by atoms with Gasteiger partial charge in [-0.25, -0.2) is 8.42 Å². The van der Waals surface area contributed by atoms with Crippen LogP contribution in [0.15, 0.2) is 4.90 Å². The van der Waals surface area contributed by atoms with Crippen LogP contribution in [0.2, 0.25) is 0 Å². The molecule has 0 bridgehead atoms. The van der Waals surface area contributed by atoms with Gasteiger partial charge < -0.3 is 5.32 Å². The highest BCUT2D eigenvalue weighted by molar-refractivity contribution is 7.89. The summed E-state index contributed by atoms with van der Waals surface area (Å²) in [5, 5.41) is 10.2. The average molecular weight is 314 g/mol. The van der Waals surface area contributed by atoms with Crippen molar-refractivity contribution in [3.05, 3.63) is 11.4 Å². The molecule has 2 rings (SSSR count). The van der Waals surface area contributed by atoms with Crippen LogP contribution in [0.3, 0.4) is 0 Å². The van der Waals surface area contributed by atoms with Crippen molar-refractivity contribution in [1.82, 2.24) is 19.8 Å². The van der Waals surface area contributed by atoms with Crippen LogP contribution in [0.5, 0.6) is 0 Å². The molecule has 1 saturated heterocycles. The molecule has 1 aromatic rings. The van der Waals surface area contributed by atoms with Crippen LogP contribution in [0.25, 0.3) is 0 Å². The van der Waals surface area contributed by atoms with E-state index in [9.17, 15) is 8.42 Å². The number of hydrogen-bond donors (Lipinski definition) is 2. The number of H-pyrrole nitrogens is 1. The SMILES string of the molecule is Cc1[nH]nc(CNC(C)C)c1S(=O)(=O)N1CCCCCC1. The summed E-state index contributed by atoms with van der Waals surface area (Å²) in [6, 6.07) is 0.288. The van der Waals surface area contributed by atoms with Gasteiger partial charge in [-0.2, -0.15) is 9.40 Å². The Balaban J connectivity index is 2.28. The maximum absolute atomic E-state index is 12.9. The fraction of sp³-hybridized carbons (Fsp3) is 0.786. The molecule has 21 heavy (non-hydrogen) atoms. The molecule has 0 spiro atoms. The third-order valence-electron chi connectivity index (χ3n) is 3.80. The first-order chi connectivity index (χ1) is 9.93. The molecule has 0 saturated carbocycles. The zero-order valence-electron chi connectivity index (χ0n) is 13.1. The van der Waals surface area contributed by atoms with Crippen LogP contribution < -0.4 is 5.32 Å². The number of hydrogen-bond acceptors (Lipinski definition) is 4. The van der Waals surface area contributed by atoms with Crippen molar-refractivity contribution in [2.24, 2.45) is 0 Å². The molecule has 0 aromatic carbocycles. The van der Waals surface area contributed by atoms with E-state index in [0.29, 0.717) is 35.9 Å². The topological polar surface area (TPSA) is 78.1 Å². The van der Waals surface area contributed by atoms with Crippen molar-refractivity contribution >= 4 is 10.0 Å². The van der Waals surface area contributed by atoms with E-state index in [1.165, 1.54) is 0 Å². The summed E-state index contributed by atoms with van der Waals surface area (Å²) in [6.07, 6.45) is 4.10. The van der Waals surface area contributed by atoms with Gasteiger partial charge in [0.25, 0.3) is 0 Å². The van der Waals surface area contributed by atoms with E-state index >= 15 is 0 Å². The molecular formula is C14H26N4O2S. The zero-order chi connectivity index (χ0) is 15.5. The summed E-state index contributed by atoms with van der Waals surface area (Å²) >= 11 is 0. The normalized spacial score (nSPS) is 18.1. The minimum Gasteiger partial charge on any atom is -0.309 e. The molecule has 6 nitrogen and oxygen atoms in total. The highest BCUT2D eigenvalue weighted by Crippen LogP contribution is 2.24. The van der Waals surface area contributed by atoms with Gasteiger partial charge >= 0.3 is 0 Å². The van der Waals surface area contributed by atoms with E-state index < -0.39 is 10.0 Å². The number of aryl methyl sites for hydroxylation is 1. The Labute approximate surface area is 127 Å². The standard InChI is InChI=1S/C14H26N4O2S/c1-11(2)15-10-13-14(12(3)16-17-13)21(19,20)18-8-6-4-5-7-9-18/h11,15H,4-10H2,1-3H3,(H,16,17). The van der Waals surface area contributed by atoms with E-state index in [1.807, 2.05) is 13.8 Å². The number of sulfonamides is 1. The number of aromatic nitrogens is 2. The lowest BCUT2D eigenvalue weighted by Crippen LogP contribution is -2.33. The van der Waals surface area contributed by atoms with Crippen LogP contribution in [0.1, 0.15) is 50.9 Å². The molecule has 1 aliphatic heterocycles. The van der Waals surface area contributed by atoms with E-state index in [2.05, 4.69) is 15.5 Å². The monoisotopic (exact) mass is 314 g/mol. The predicted octanol–water partition coefficient (Wildman–Crippen LogP) is 1.78. The highest BCUT2D eigenvalue weighted by atomic mass is 32.2. The van der Waals surface area contributed by atoms with Crippen molar-refractivity contribution in [1.29, 1.82) is 0 Å². The van der Waals surface area contributed by atoms with Gasteiger partial charge in [-0.3, -0.25) is 5.10 Å². The van der Waals surface area contributed by atoms with Crippen molar-refractivity contribution in [3.8, 4) is 0 Å². The third kappa shape index (κ3) is 3.84. The fourth-order valence-corrected chi connectivity index (χ4v) is 4.49. The minimum atomic E-state index is -3.45. The maximum atomic E-state index is 12.9. The summed E-state index contributed by atoms with van der Waals surface area (Å²) in [5.41, 5.74) is 1.21. The molecular weight excluding hydrogens is 288 g/mol. The first kappa shape index (κ1) is 16.5. The second-order valence-corrected chi connectivity index (χ2v) is 7.85. The van der Waals surface area contributed by atoms with Crippen LogP contribution in [-0.2, 0) is 16.6 Å². The lowest BCUT2D eigenvalue weighted by Gasteiger charge is -2.20. The predicted molar refractivity (Wildman–Crippen MR) is 82.5 cm³/mol. The second-order valence-electron chi connectivity index (χ2n) is 5.98. The molecule has 0 aliphatic carbocycles. The van der Waals surface area contributed by atoms with Gasteiger partial charge in [0, 0.05) is 25.7 Å². The van der Waals surface area contributed by atoms with Gasteiger partial charge in [0.15, 0.2) is 0 Å². The lowest BCUT2D eigenvalue weighted by molar-refractivity contribution is 0.422. The van der Waals surface area contributed by atoms with Gasteiger partial charge in [0.2, 0.25) is 10.0 Å². The Hall–Kier alpha value is -0.920. The minimum absolute atomic E-state index is 0.288. The zero-order valence-corrected chi connectivity index (χ0v) is 14.0. The number of rotatable bonds is 5. The molecule has 1 aliphatic rings. The Morgan fingerprint density at radius 3 is 2.43 bits per heavy atom. The maximum Gasteiger partial charge on any atom is 0.246 e. The molecule has 7 heteroatoms. The van der Waals surface area contributed by atoms with Crippen LogP contribution in [0.4, 0.5) is 0 Å². The lowest BCUT2D eigenvalue weighted by atomic mass is 10.2. The smallest absolute Gasteiger partial charge is 0.246 e. The van der Waals surface area contributed by atoms with Crippen LogP contribution in [-0.4, -0.2) is 42.1 Å². The number of aromatic amines is 1. The summed E-state index contributed by atoms with van der Waals surface area (Å²) in [6.45, 7) is 7.53. The van der Waals surface area contributed by atoms with Gasteiger partial charge in [-0.05, 0) is 19.8 Å². The largest absolute Gasteiger partial charge is 0.309 e. The van der Waals surface area contributed by atoms with Gasteiger partial charge in [0.05, 0.1) is 11.4 Å². The van der Waals surface area contributed by atoms with E-state index in [-0.39, 0.29) is 6.04 Å². The van der Waals surface area contributed by atoms with Crippen molar-refractivity contribution in [3.63, 3.8) is 0 Å². The molecule has 120 valence electrons. The summed E-state index contributed by atoms with van der Waals surface area (Å²) in [7, 11) is -3.45.